The van der Waals surface area contributed by atoms with Crippen molar-refractivity contribution in [1.29, 1.82) is 0 Å². The number of pyridine rings is 1. The highest BCUT2D eigenvalue weighted by Crippen LogP contribution is 2.24. The summed E-state index contributed by atoms with van der Waals surface area (Å²) in [6, 6.07) is 5.06. The van der Waals surface area contributed by atoms with Gasteiger partial charge in [0.05, 0.1) is 10.1 Å². The molecule has 0 bridgehead atoms. The van der Waals surface area contributed by atoms with Crippen molar-refractivity contribution in [2.45, 2.75) is 25.4 Å². The lowest BCUT2D eigenvalue weighted by atomic mass is 10.0. The first-order valence-electron chi connectivity index (χ1n) is 6.22. The number of hydrogen-bond acceptors (Lipinski definition) is 2. The fourth-order valence-corrected chi connectivity index (χ4v) is 2.39. The Kier molecular flexibility index (Phi) is 4.32. The van der Waals surface area contributed by atoms with Gasteiger partial charge in [-0.05, 0) is 30.5 Å². The Hall–Kier alpha value is -1.89. The predicted molar refractivity (Wildman–Crippen MR) is 75.1 cm³/mol. The van der Waals surface area contributed by atoms with Gasteiger partial charge in [-0.25, -0.2) is 4.79 Å². The van der Waals surface area contributed by atoms with E-state index in [-0.39, 0.29) is 22.9 Å². The maximum absolute atomic E-state index is 12.1. The summed E-state index contributed by atoms with van der Waals surface area (Å²) in [7, 11) is 0. The number of nitrogens with one attached hydrogen (secondary N) is 1. The Labute approximate surface area is 123 Å². The molecule has 2 N–H and O–H groups in total. The highest BCUT2D eigenvalue weighted by molar-refractivity contribution is 7.71. The highest BCUT2D eigenvalue weighted by atomic mass is 32.1. The SMILES string of the molecule is O=C(O)c1c[nH]c2ccc(CCCC(F)(F)F)cc2c1=S. The van der Waals surface area contributed by atoms with E-state index in [0.717, 1.165) is 0 Å². The van der Waals surface area contributed by atoms with E-state index in [9.17, 15) is 18.0 Å². The zero-order chi connectivity index (χ0) is 15.6. The molecule has 2 rings (SSSR count). The van der Waals surface area contributed by atoms with Crippen LogP contribution in [0.4, 0.5) is 13.2 Å². The fourth-order valence-electron chi connectivity index (χ4n) is 2.07. The van der Waals surface area contributed by atoms with Crippen LogP contribution in [0.1, 0.15) is 28.8 Å². The van der Waals surface area contributed by atoms with Gasteiger partial charge in [0.2, 0.25) is 0 Å². The van der Waals surface area contributed by atoms with Gasteiger partial charge >= 0.3 is 12.1 Å². The van der Waals surface area contributed by atoms with Crippen molar-refractivity contribution >= 4 is 29.1 Å². The van der Waals surface area contributed by atoms with Gasteiger partial charge in [0.25, 0.3) is 0 Å². The number of halogens is 3. The number of aromatic amines is 1. The van der Waals surface area contributed by atoms with E-state index in [1.165, 1.54) is 6.20 Å². The average Bonchev–Trinajstić information content (AvgIpc) is 2.37. The van der Waals surface area contributed by atoms with E-state index < -0.39 is 18.6 Å². The van der Waals surface area contributed by atoms with Gasteiger partial charge in [-0.2, -0.15) is 13.2 Å². The van der Waals surface area contributed by atoms with Crippen LogP contribution in [-0.4, -0.2) is 22.2 Å². The molecule has 1 heterocycles. The highest BCUT2D eigenvalue weighted by Gasteiger charge is 2.25. The summed E-state index contributed by atoms with van der Waals surface area (Å²) in [6.45, 7) is 0. The van der Waals surface area contributed by atoms with Crippen LogP contribution in [0.2, 0.25) is 0 Å². The van der Waals surface area contributed by atoms with Crippen LogP contribution in [-0.2, 0) is 6.42 Å². The van der Waals surface area contributed by atoms with Crippen LogP contribution in [0.25, 0.3) is 10.9 Å². The molecule has 0 radical (unpaired) electrons. The van der Waals surface area contributed by atoms with Crippen molar-refractivity contribution in [3.63, 3.8) is 0 Å². The summed E-state index contributed by atoms with van der Waals surface area (Å²) in [5, 5.41) is 9.55. The normalized spacial score (nSPS) is 11.8. The number of aromatic nitrogens is 1. The van der Waals surface area contributed by atoms with Crippen LogP contribution in [0.3, 0.4) is 0 Å². The topological polar surface area (TPSA) is 53.1 Å². The number of aromatic carboxylic acids is 1. The van der Waals surface area contributed by atoms with Crippen molar-refractivity contribution in [3.05, 3.63) is 40.0 Å². The fraction of sp³-hybridized carbons (Fsp3) is 0.286. The molecule has 1 aromatic carbocycles. The van der Waals surface area contributed by atoms with Crippen molar-refractivity contribution in [2.75, 3.05) is 0 Å². The zero-order valence-corrected chi connectivity index (χ0v) is 11.6. The monoisotopic (exact) mass is 315 g/mol. The van der Waals surface area contributed by atoms with Crippen molar-refractivity contribution in [2.24, 2.45) is 0 Å². The number of fused-ring (bicyclic) bond motifs is 1. The van der Waals surface area contributed by atoms with E-state index in [1.54, 1.807) is 18.2 Å². The molecule has 21 heavy (non-hydrogen) atoms. The molecule has 0 aliphatic heterocycles. The van der Waals surface area contributed by atoms with Gasteiger partial charge < -0.3 is 10.1 Å². The lowest BCUT2D eigenvalue weighted by Gasteiger charge is -2.07. The Morgan fingerprint density at radius 1 is 1.33 bits per heavy atom. The number of hydrogen-bond donors (Lipinski definition) is 2. The third-order valence-corrected chi connectivity index (χ3v) is 3.54. The quantitative estimate of drug-likeness (QED) is 0.818. The summed E-state index contributed by atoms with van der Waals surface area (Å²) in [6.07, 6.45) is -3.43. The van der Waals surface area contributed by atoms with Crippen molar-refractivity contribution in [1.82, 2.24) is 4.98 Å². The Morgan fingerprint density at radius 3 is 2.67 bits per heavy atom. The molecule has 0 atom stereocenters. The second-order valence-corrected chi connectivity index (χ2v) is 5.09. The first-order chi connectivity index (χ1) is 9.78. The van der Waals surface area contributed by atoms with E-state index >= 15 is 0 Å². The molecular formula is C14H12F3NO2S. The molecular weight excluding hydrogens is 303 g/mol. The summed E-state index contributed by atoms with van der Waals surface area (Å²) >= 11 is 5.12. The van der Waals surface area contributed by atoms with Gasteiger partial charge in [-0.1, -0.05) is 18.3 Å². The molecule has 0 saturated heterocycles. The average molecular weight is 315 g/mol. The Bertz CT molecular complexity index is 737. The molecule has 0 fully saturated rings. The Balaban J connectivity index is 2.30. The minimum Gasteiger partial charge on any atom is -0.478 e. The van der Waals surface area contributed by atoms with Gasteiger partial charge in [-0.15, -0.1) is 0 Å². The molecule has 2 aromatic rings. The van der Waals surface area contributed by atoms with E-state index in [1.807, 2.05) is 0 Å². The molecule has 3 nitrogen and oxygen atoms in total. The number of aryl methyl sites for hydroxylation is 1. The number of carboxylic acids is 1. The second-order valence-electron chi connectivity index (χ2n) is 4.69. The molecule has 0 spiro atoms. The van der Waals surface area contributed by atoms with Crippen LogP contribution in [0, 0.1) is 4.51 Å². The number of alkyl halides is 3. The minimum atomic E-state index is -4.16. The second kappa shape index (κ2) is 5.85. The molecule has 112 valence electrons. The number of H-pyrrole nitrogens is 1. The van der Waals surface area contributed by atoms with E-state index in [2.05, 4.69) is 4.98 Å². The minimum absolute atomic E-state index is 0.00982. The van der Waals surface area contributed by atoms with Crippen LogP contribution < -0.4 is 0 Å². The smallest absolute Gasteiger partial charge is 0.389 e. The third kappa shape index (κ3) is 3.81. The Morgan fingerprint density at radius 2 is 2.05 bits per heavy atom. The van der Waals surface area contributed by atoms with Gasteiger partial charge in [0, 0.05) is 23.5 Å². The lowest BCUT2D eigenvalue weighted by Crippen LogP contribution is -2.07. The molecule has 0 amide bonds. The number of rotatable bonds is 4. The summed E-state index contributed by atoms with van der Waals surface area (Å²) < 4.78 is 36.6. The lowest BCUT2D eigenvalue weighted by molar-refractivity contribution is -0.135. The van der Waals surface area contributed by atoms with Crippen LogP contribution in [0.15, 0.2) is 24.4 Å². The van der Waals surface area contributed by atoms with Gasteiger partial charge in [0.15, 0.2) is 0 Å². The summed E-state index contributed by atoms with van der Waals surface area (Å²) in [5.41, 5.74) is 1.34. The standard InChI is InChI=1S/C14H12F3NO2S/c15-14(16,17)5-1-2-8-3-4-11-9(6-8)12(21)10(7-18-11)13(19)20/h3-4,6-7H,1-2,5H2,(H,18,21)(H,19,20). The molecule has 0 aliphatic carbocycles. The first kappa shape index (κ1) is 15.5. The summed E-state index contributed by atoms with van der Waals surface area (Å²) in [5.74, 6) is -1.14. The van der Waals surface area contributed by atoms with Gasteiger partial charge in [-0.3, -0.25) is 0 Å². The molecule has 1 aromatic heterocycles. The van der Waals surface area contributed by atoms with Gasteiger partial charge in [0.1, 0.15) is 0 Å². The first-order valence-corrected chi connectivity index (χ1v) is 6.63. The van der Waals surface area contributed by atoms with Crippen molar-refractivity contribution in [3.8, 4) is 0 Å². The molecule has 7 heteroatoms. The van der Waals surface area contributed by atoms with Crippen LogP contribution in [0.5, 0.6) is 0 Å². The number of carboxylic acid groups (broad SMARTS) is 1. The maximum Gasteiger partial charge on any atom is 0.389 e. The molecule has 0 aliphatic rings. The summed E-state index contributed by atoms with van der Waals surface area (Å²) in [4.78, 5) is 13.8. The number of carbonyl (C=O) groups is 1. The van der Waals surface area contributed by atoms with Crippen LogP contribution >= 0.6 is 12.2 Å². The maximum atomic E-state index is 12.1. The van der Waals surface area contributed by atoms with Crippen molar-refractivity contribution < 1.29 is 23.1 Å². The van der Waals surface area contributed by atoms with E-state index in [4.69, 9.17) is 17.3 Å². The predicted octanol–water partition coefficient (Wildman–Crippen LogP) is 4.48. The third-order valence-electron chi connectivity index (χ3n) is 3.10. The zero-order valence-electron chi connectivity index (χ0n) is 10.8. The van der Waals surface area contributed by atoms with E-state index in [0.29, 0.717) is 16.5 Å². The molecule has 0 saturated carbocycles. The largest absolute Gasteiger partial charge is 0.478 e. The molecule has 0 unspecified atom stereocenters. The number of benzene rings is 1.